The fourth-order valence-corrected chi connectivity index (χ4v) is 3.74. The average Bonchev–Trinajstić information content (AvgIpc) is 2.74. The summed E-state index contributed by atoms with van der Waals surface area (Å²) < 4.78 is 15.9. The molecule has 6 heteroatoms. The van der Waals surface area contributed by atoms with Crippen LogP contribution >= 0.6 is 0 Å². The predicted molar refractivity (Wildman–Crippen MR) is 104 cm³/mol. The van der Waals surface area contributed by atoms with Gasteiger partial charge in [-0.25, -0.2) is 9.97 Å². The van der Waals surface area contributed by atoms with E-state index in [-0.39, 0.29) is 0 Å². The van der Waals surface area contributed by atoms with Crippen molar-refractivity contribution in [3.63, 3.8) is 0 Å². The Balaban J connectivity index is 1.78. The van der Waals surface area contributed by atoms with Crippen LogP contribution < -0.4 is 14.2 Å². The molecule has 1 aliphatic rings. The van der Waals surface area contributed by atoms with Gasteiger partial charge in [0.1, 0.15) is 0 Å². The Labute approximate surface area is 161 Å². The van der Waals surface area contributed by atoms with Crippen molar-refractivity contribution in [2.45, 2.75) is 51.2 Å². The van der Waals surface area contributed by atoms with Crippen LogP contribution in [0.1, 0.15) is 43.2 Å². The molecule has 0 aliphatic heterocycles. The standard InChI is InChI=1S/C21H29N3O3/c1-25-19-10-9-16(11-20(19)26-2)14-24(18-7-5-4-6-8-18)15-17-12-22-21(27-3)23-13-17/h9-13,18H,4-8,14-15H2,1-3H3. The minimum absolute atomic E-state index is 0.405. The van der Waals surface area contributed by atoms with Gasteiger partial charge in [0.15, 0.2) is 11.5 Å². The molecule has 0 spiro atoms. The maximum absolute atomic E-state index is 5.47. The quantitative estimate of drug-likeness (QED) is 0.703. The molecule has 0 amide bonds. The van der Waals surface area contributed by atoms with Gasteiger partial charge in [-0.1, -0.05) is 25.3 Å². The van der Waals surface area contributed by atoms with Gasteiger partial charge in [-0.3, -0.25) is 4.90 Å². The fourth-order valence-electron chi connectivity index (χ4n) is 3.74. The molecular weight excluding hydrogens is 342 g/mol. The van der Waals surface area contributed by atoms with E-state index in [1.165, 1.54) is 37.7 Å². The monoisotopic (exact) mass is 371 g/mol. The van der Waals surface area contributed by atoms with Crippen LogP contribution in [-0.2, 0) is 13.1 Å². The second-order valence-electron chi connectivity index (χ2n) is 6.96. The summed E-state index contributed by atoms with van der Waals surface area (Å²) in [5, 5.41) is 0. The van der Waals surface area contributed by atoms with Gasteiger partial charge >= 0.3 is 6.01 Å². The smallest absolute Gasteiger partial charge is 0.316 e. The lowest BCUT2D eigenvalue weighted by molar-refractivity contribution is 0.139. The van der Waals surface area contributed by atoms with Gasteiger partial charge in [-0.15, -0.1) is 0 Å². The Morgan fingerprint density at radius 2 is 1.52 bits per heavy atom. The van der Waals surface area contributed by atoms with Crippen molar-refractivity contribution < 1.29 is 14.2 Å². The summed E-state index contributed by atoms with van der Waals surface area (Å²) in [7, 11) is 4.92. The molecule has 0 saturated heterocycles. The number of nitrogens with zero attached hydrogens (tertiary/aromatic N) is 3. The lowest BCUT2D eigenvalue weighted by atomic mass is 9.93. The Bertz CT molecular complexity index is 715. The Morgan fingerprint density at radius 1 is 0.852 bits per heavy atom. The zero-order valence-corrected chi connectivity index (χ0v) is 16.5. The Morgan fingerprint density at radius 3 is 2.15 bits per heavy atom. The molecule has 0 radical (unpaired) electrons. The van der Waals surface area contributed by atoms with Crippen LogP contribution in [0, 0.1) is 0 Å². The van der Waals surface area contributed by atoms with Crippen LogP contribution in [-0.4, -0.2) is 42.2 Å². The van der Waals surface area contributed by atoms with Crippen LogP contribution in [0.5, 0.6) is 17.5 Å². The Hall–Kier alpha value is -2.34. The number of aromatic nitrogens is 2. The van der Waals surface area contributed by atoms with Crippen molar-refractivity contribution in [3.05, 3.63) is 41.7 Å². The highest BCUT2D eigenvalue weighted by molar-refractivity contribution is 5.42. The first-order valence-corrected chi connectivity index (χ1v) is 9.53. The average molecular weight is 371 g/mol. The normalized spacial score (nSPS) is 15.0. The molecule has 1 fully saturated rings. The van der Waals surface area contributed by atoms with Crippen LogP contribution in [0.3, 0.4) is 0 Å². The van der Waals surface area contributed by atoms with Crippen LogP contribution in [0.4, 0.5) is 0 Å². The molecule has 1 saturated carbocycles. The highest BCUT2D eigenvalue weighted by Gasteiger charge is 2.22. The second-order valence-corrected chi connectivity index (χ2v) is 6.96. The molecule has 3 rings (SSSR count). The molecular formula is C21H29N3O3. The molecule has 0 atom stereocenters. The fraction of sp³-hybridized carbons (Fsp3) is 0.524. The van der Waals surface area contributed by atoms with Crippen molar-refractivity contribution in [1.82, 2.24) is 14.9 Å². The number of ether oxygens (including phenoxy) is 3. The third kappa shape index (κ3) is 5.10. The molecule has 6 nitrogen and oxygen atoms in total. The minimum Gasteiger partial charge on any atom is -0.493 e. The molecule has 146 valence electrons. The number of rotatable bonds is 8. The van der Waals surface area contributed by atoms with E-state index in [4.69, 9.17) is 14.2 Å². The van der Waals surface area contributed by atoms with Crippen LogP contribution in [0.2, 0.25) is 0 Å². The predicted octanol–water partition coefficient (Wildman–Crippen LogP) is 3.84. The zero-order chi connectivity index (χ0) is 19.1. The molecule has 0 unspecified atom stereocenters. The summed E-state index contributed by atoms with van der Waals surface area (Å²) in [6.07, 6.45) is 10.1. The van der Waals surface area contributed by atoms with Crippen LogP contribution in [0.25, 0.3) is 0 Å². The van der Waals surface area contributed by atoms with Crippen molar-refractivity contribution in [2.24, 2.45) is 0 Å². The van der Waals surface area contributed by atoms with Crippen molar-refractivity contribution in [3.8, 4) is 17.5 Å². The van der Waals surface area contributed by atoms with Crippen LogP contribution in [0.15, 0.2) is 30.6 Å². The maximum atomic E-state index is 5.47. The highest BCUT2D eigenvalue weighted by Crippen LogP contribution is 2.30. The SMILES string of the molecule is COc1ncc(CN(Cc2ccc(OC)c(OC)c2)C2CCCCC2)cn1. The van der Waals surface area contributed by atoms with Crippen molar-refractivity contribution >= 4 is 0 Å². The summed E-state index contributed by atoms with van der Waals surface area (Å²) in [6.45, 7) is 1.68. The molecule has 0 N–H and O–H groups in total. The summed E-state index contributed by atoms with van der Waals surface area (Å²) in [5.74, 6) is 1.53. The highest BCUT2D eigenvalue weighted by atomic mass is 16.5. The summed E-state index contributed by atoms with van der Waals surface area (Å²) in [5.41, 5.74) is 2.31. The van der Waals surface area contributed by atoms with Gasteiger partial charge in [0.25, 0.3) is 0 Å². The topological polar surface area (TPSA) is 56.7 Å². The summed E-state index contributed by atoms with van der Waals surface area (Å²) >= 11 is 0. The first-order chi connectivity index (χ1) is 13.2. The molecule has 27 heavy (non-hydrogen) atoms. The number of methoxy groups -OCH3 is 3. The van der Waals surface area contributed by atoms with Gasteiger partial charge < -0.3 is 14.2 Å². The van der Waals surface area contributed by atoms with Gasteiger partial charge in [-0.2, -0.15) is 0 Å². The van der Waals surface area contributed by atoms with Gasteiger partial charge in [0.2, 0.25) is 0 Å². The first kappa shape index (κ1) is 19.4. The number of benzene rings is 1. The summed E-state index contributed by atoms with van der Waals surface area (Å²) in [6, 6.07) is 7.14. The second kappa shape index (κ2) is 9.55. The number of hydrogen-bond donors (Lipinski definition) is 0. The van der Waals surface area contributed by atoms with E-state index in [1.807, 2.05) is 18.5 Å². The maximum Gasteiger partial charge on any atom is 0.316 e. The van der Waals surface area contributed by atoms with Crippen molar-refractivity contribution in [1.29, 1.82) is 0 Å². The zero-order valence-electron chi connectivity index (χ0n) is 16.5. The molecule has 1 aromatic heterocycles. The summed E-state index contributed by atoms with van der Waals surface area (Å²) in [4.78, 5) is 11.0. The van der Waals surface area contributed by atoms with Gasteiger partial charge in [0, 0.05) is 37.1 Å². The van der Waals surface area contributed by atoms with Crippen molar-refractivity contribution in [2.75, 3.05) is 21.3 Å². The lowest BCUT2D eigenvalue weighted by Crippen LogP contribution is -2.36. The molecule has 1 aromatic carbocycles. The lowest BCUT2D eigenvalue weighted by Gasteiger charge is -2.34. The van der Waals surface area contributed by atoms with E-state index in [0.717, 1.165) is 30.2 Å². The van der Waals surface area contributed by atoms with E-state index in [1.54, 1.807) is 21.3 Å². The third-order valence-electron chi connectivity index (χ3n) is 5.17. The van der Waals surface area contributed by atoms with Gasteiger partial charge in [0.05, 0.1) is 21.3 Å². The molecule has 1 aliphatic carbocycles. The van der Waals surface area contributed by atoms with E-state index >= 15 is 0 Å². The van der Waals surface area contributed by atoms with E-state index in [2.05, 4.69) is 27.0 Å². The van der Waals surface area contributed by atoms with E-state index in [9.17, 15) is 0 Å². The van der Waals surface area contributed by atoms with E-state index < -0.39 is 0 Å². The first-order valence-electron chi connectivity index (χ1n) is 9.53. The van der Waals surface area contributed by atoms with Gasteiger partial charge in [-0.05, 0) is 30.5 Å². The Kier molecular flexibility index (Phi) is 6.87. The molecule has 0 bridgehead atoms. The molecule has 1 heterocycles. The third-order valence-corrected chi connectivity index (χ3v) is 5.17. The number of hydrogen-bond acceptors (Lipinski definition) is 6. The largest absolute Gasteiger partial charge is 0.493 e. The molecule has 2 aromatic rings. The minimum atomic E-state index is 0.405. The van der Waals surface area contributed by atoms with E-state index in [0.29, 0.717) is 12.1 Å².